The first-order valence-electron chi connectivity index (χ1n) is 5.52. The van der Waals surface area contributed by atoms with Crippen molar-refractivity contribution in [2.45, 2.75) is 57.4 Å². The van der Waals surface area contributed by atoms with Crippen LogP contribution in [0.3, 0.4) is 0 Å². The average Bonchev–Trinajstić information content (AvgIpc) is 2.10. The topological polar surface area (TPSA) is 0 Å². The summed E-state index contributed by atoms with van der Waals surface area (Å²) in [6, 6.07) is 1.50. The summed E-state index contributed by atoms with van der Waals surface area (Å²) in [5, 5.41) is 0. The van der Waals surface area contributed by atoms with Crippen LogP contribution in [0.25, 0.3) is 0 Å². The van der Waals surface area contributed by atoms with Crippen molar-refractivity contribution in [3.63, 3.8) is 0 Å². The quantitative estimate of drug-likeness (QED) is 0.293. The molecule has 0 aliphatic carbocycles. The van der Waals surface area contributed by atoms with Gasteiger partial charge >= 0.3 is 0 Å². The van der Waals surface area contributed by atoms with Crippen molar-refractivity contribution < 1.29 is 0 Å². The van der Waals surface area contributed by atoms with Crippen molar-refractivity contribution in [2.75, 3.05) is 0 Å². The Morgan fingerprint density at radius 3 is 1.83 bits per heavy atom. The van der Waals surface area contributed by atoms with E-state index in [1.54, 1.807) is 0 Å². The van der Waals surface area contributed by atoms with E-state index in [9.17, 15) is 0 Å². The van der Waals surface area contributed by atoms with Crippen molar-refractivity contribution >= 4 is 10.2 Å². The van der Waals surface area contributed by atoms with E-state index in [0.717, 1.165) is 0 Å². The fourth-order valence-electron chi connectivity index (χ4n) is 1.42. The molecular formula is C11H24Si. The molecular weight excluding hydrogens is 160 g/mol. The molecule has 12 heavy (non-hydrogen) atoms. The van der Waals surface area contributed by atoms with Crippen molar-refractivity contribution in [1.29, 1.82) is 0 Å². The number of allylic oxidation sites excluding steroid dienone is 1. The molecule has 0 aromatic rings. The zero-order valence-electron chi connectivity index (χ0n) is 8.65. The van der Waals surface area contributed by atoms with E-state index in [1.165, 1.54) is 67.7 Å². The zero-order valence-corrected chi connectivity index (χ0v) is 10.6. The Balaban J connectivity index is 2.77. The smallest absolute Gasteiger partial charge is 0.00279 e. The second-order valence-corrected chi connectivity index (χ2v) is 4.55. The van der Waals surface area contributed by atoms with E-state index in [2.05, 4.69) is 6.58 Å². The van der Waals surface area contributed by atoms with Crippen LogP contribution in [-0.4, -0.2) is 10.2 Å². The molecule has 0 spiro atoms. The molecule has 0 saturated heterocycles. The summed E-state index contributed by atoms with van der Waals surface area (Å²) in [5.41, 5.74) is 0. The lowest BCUT2D eigenvalue weighted by molar-refractivity contribution is 0.592. The van der Waals surface area contributed by atoms with Crippen LogP contribution in [0.15, 0.2) is 12.7 Å². The van der Waals surface area contributed by atoms with Crippen LogP contribution in [0.2, 0.25) is 6.04 Å². The minimum atomic E-state index is 1.21. The van der Waals surface area contributed by atoms with E-state index < -0.39 is 0 Å². The molecule has 0 fully saturated rings. The third-order valence-electron chi connectivity index (χ3n) is 2.26. The summed E-state index contributed by atoms with van der Waals surface area (Å²) >= 11 is 0. The fraction of sp³-hybridized carbons (Fsp3) is 0.818. The maximum Gasteiger partial charge on any atom is 0.00279 e. The summed E-state index contributed by atoms with van der Waals surface area (Å²) in [5.74, 6) is 0. The standard InChI is InChI=1S/C11H24Si/c1-2-3-4-5-6-7-8-9-10-11-12/h2H,1,3-11H2,12H3. The first-order chi connectivity index (χ1) is 5.91. The van der Waals surface area contributed by atoms with Gasteiger partial charge in [-0.1, -0.05) is 50.6 Å². The molecule has 72 valence electrons. The normalized spacial score (nSPS) is 10.3. The van der Waals surface area contributed by atoms with Gasteiger partial charge < -0.3 is 0 Å². The lowest BCUT2D eigenvalue weighted by Gasteiger charge is -1.99. The monoisotopic (exact) mass is 184 g/mol. The van der Waals surface area contributed by atoms with Gasteiger partial charge in [0.05, 0.1) is 0 Å². The first kappa shape index (κ1) is 12.0. The highest BCUT2D eigenvalue weighted by molar-refractivity contribution is 6.08. The summed E-state index contributed by atoms with van der Waals surface area (Å²) in [7, 11) is 1.40. The van der Waals surface area contributed by atoms with Gasteiger partial charge in [-0.15, -0.1) is 6.58 Å². The molecule has 0 heterocycles. The first-order valence-corrected chi connectivity index (χ1v) is 6.94. The third kappa shape index (κ3) is 9.96. The van der Waals surface area contributed by atoms with E-state index in [1.807, 2.05) is 6.08 Å². The van der Waals surface area contributed by atoms with Crippen LogP contribution >= 0.6 is 0 Å². The molecule has 0 aliphatic rings. The molecule has 0 nitrogen and oxygen atoms in total. The van der Waals surface area contributed by atoms with Crippen molar-refractivity contribution in [2.24, 2.45) is 0 Å². The van der Waals surface area contributed by atoms with Crippen molar-refractivity contribution in [1.82, 2.24) is 0 Å². The van der Waals surface area contributed by atoms with Gasteiger partial charge in [-0.3, -0.25) is 0 Å². The second-order valence-electron chi connectivity index (χ2n) is 3.55. The van der Waals surface area contributed by atoms with Crippen LogP contribution in [0.5, 0.6) is 0 Å². The number of hydrogen-bond acceptors (Lipinski definition) is 0. The lowest BCUT2D eigenvalue weighted by Crippen LogP contribution is -1.80. The molecule has 0 aliphatic heterocycles. The Kier molecular flexibility index (Phi) is 10.9. The minimum Gasteiger partial charge on any atom is -0.103 e. The van der Waals surface area contributed by atoms with E-state index in [0.29, 0.717) is 0 Å². The Morgan fingerprint density at radius 2 is 1.33 bits per heavy atom. The molecule has 0 atom stereocenters. The van der Waals surface area contributed by atoms with Crippen molar-refractivity contribution in [3.8, 4) is 0 Å². The van der Waals surface area contributed by atoms with Crippen molar-refractivity contribution in [3.05, 3.63) is 12.7 Å². The molecule has 0 bridgehead atoms. The van der Waals surface area contributed by atoms with Gasteiger partial charge in [-0.05, 0) is 12.8 Å². The molecule has 0 radical (unpaired) electrons. The van der Waals surface area contributed by atoms with E-state index in [-0.39, 0.29) is 0 Å². The van der Waals surface area contributed by atoms with Crippen LogP contribution in [0.4, 0.5) is 0 Å². The van der Waals surface area contributed by atoms with Gasteiger partial charge in [0.15, 0.2) is 0 Å². The maximum atomic E-state index is 3.72. The molecule has 0 rings (SSSR count). The molecule has 0 saturated carbocycles. The molecule has 0 N–H and O–H groups in total. The van der Waals surface area contributed by atoms with Gasteiger partial charge in [0, 0.05) is 10.2 Å². The van der Waals surface area contributed by atoms with Crippen LogP contribution in [-0.2, 0) is 0 Å². The van der Waals surface area contributed by atoms with E-state index >= 15 is 0 Å². The van der Waals surface area contributed by atoms with Crippen LogP contribution in [0, 0.1) is 0 Å². The van der Waals surface area contributed by atoms with E-state index in [4.69, 9.17) is 0 Å². The SMILES string of the molecule is C=CCCCCCCCCC[SiH3]. The summed E-state index contributed by atoms with van der Waals surface area (Å²) < 4.78 is 0. The predicted octanol–water partition coefficient (Wildman–Crippen LogP) is 3.08. The summed E-state index contributed by atoms with van der Waals surface area (Å²) in [4.78, 5) is 0. The van der Waals surface area contributed by atoms with Gasteiger partial charge in [-0.2, -0.15) is 0 Å². The summed E-state index contributed by atoms with van der Waals surface area (Å²) in [6.07, 6.45) is 13.3. The highest BCUT2D eigenvalue weighted by Gasteiger charge is 1.89. The molecule has 0 unspecified atom stereocenters. The molecule has 0 aromatic heterocycles. The van der Waals surface area contributed by atoms with Crippen LogP contribution in [0.1, 0.15) is 51.4 Å². The zero-order chi connectivity index (χ0) is 9.07. The number of rotatable bonds is 9. The Bertz CT molecular complexity index is 89.0. The molecule has 0 amide bonds. The lowest BCUT2D eigenvalue weighted by atomic mass is 10.1. The second kappa shape index (κ2) is 11.0. The maximum absolute atomic E-state index is 3.72. The highest BCUT2D eigenvalue weighted by Crippen LogP contribution is 2.09. The third-order valence-corrected chi connectivity index (χ3v) is 2.97. The Hall–Kier alpha value is -0.0431. The predicted molar refractivity (Wildman–Crippen MR) is 61.9 cm³/mol. The van der Waals surface area contributed by atoms with Gasteiger partial charge in [0.2, 0.25) is 0 Å². The Labute approximate surface area is 80.9 Å². The van der Waals surface area contributed by atoms with Crippen LogP contribution < -0.4 is 0 Å². The molecule has 0 aromatic carbocycles. The average molecular weight is 184 g/mol. The Morgan fingerprint density at radius 1 is 0.833 bits per heavy atom. The largest absolute Gasteiger partial charge is 0.103 e. The van der Waals surface area contributed by atoms with Gasteiger partial charge in [0.1, 0.15) is 0 Å². The molecule has 1 heteroatoms. The summed E-state index contributed by atoms with van der Waals surface area (Å²) in [6.45, 7) is 3.72. The number of unbranched alkanes of at least 4 members (excludes halogenated alkanes) is 7. The number of hydrogen-bond donors (Lipinski definition) is 0. The minimum absolute atomic E-state index is 1.21. The highest BCUT2D eigenvalue weighted by atomic mass is 28.1. The van der Waals surface area contributed by atoms with Gasteiger partial charge in [0.25, 0.3) is 0 Å². The van der Waals surface area contributed by atoms with Gasteiger partial charge in [-0.25, -0.2) is 0 Å². The fourth-order valence-corrected chi connectivity index (χ4v) is 1.92.